The topological polar surface area (TPSA) is 25.2 Å². The number of hydrogen-bond donors (Lipinski definition) is 1. The first-order valence-electron chi connectivity index (χ1n) is 5.75. The van der Waals surface area contributed by atoms with Crippen molar-refractivity contribution >= 4 is 0 Å². The summed E-state index contributed by atoms with van der Waals surface area (Å²) < 4.78 is 18.7. The molecule has 0 radical (unpaired) electrons. The standard InChI is InChI=1S/C14H16FNO/c1-3-16-13(14-10(2)7-8-17-14)11-5-4-6-12(15)9-11/h4-9,13,16H,3H2,1-2H3. The Morgan fingerprint density at radius 1 is 1.35 bits per heavy atom. The Kier molecular flexibility index (Phi) is 3.59. The maximum absolute atomic E-state index is 13.3. The molecule has 1 unspecified atom stereocenters. The molecule has 1 aromatic carbocycles. The average molecular weight is 233 g/mol. The largest absolute Gasteiger partial charge is 0.467 e. The fourth-order valence-electron chi connectivity index (χ4n) is 1.93. The number of benzene rings is 1. The minimum atomic E-state index is -0.227. The Hall–Kier alpha value is -1.61. The van der Waals surface area contributed by atoms with Gasteiger partial charge in [0.15, 0.2) is 0 Å². The molecule has 0 amide bonds. The second-order valence-corrected chi connectivity index (χ2v) is 4.01. The van der Waals surface area contributed by atoms with E-state index in [1.54, 1.807) is 12.3 Å². The van der Waals surface area contributed by atoms with Crippen molar-refractivity contribution in [3.05, 3.63) is 59.3 Å². The molecule has 1 heterocycles. The molecule has 0 saturated carbocycles. The highest BCUT2D eigenvalue weighted by atomic mass is 19.1. The monoisotopic (exact) mass is 233 g/mol. The Morgan fingerprint density at radius 2 is 2.18 bits per heavy atom. The van der Waals surface area contributed by atoms with Gasteiger partial charge in [-0.15, -0.1) is 0 Å². The zero-order chi connectivity index (χ0) is 12.3. The summed E-state index contributed by atoms with van der Waals surface area (Å²) in [6, 6.07) is 8.42. The van der Waals surface area contributed by atoms with Gasteiger partial charge in [0.1, 0.15) is 11.6 Å². The van der Waals surface area contributed by atoms with Crippen LogP contribution in [0.25, 0.3) is 0 Å². The molecule has 0 spiro atoms. The first kappa shape index (κ1) is 11.9. The van der Waals surface area contributed by atoms with E-state index in [1.165, 1.54) is 12.1 Å². The zero-order valence-corrected chi connectivity index (χ0v) is 10.0. The molecule has 0 aliphatic heterocycles. The van der Waals surface area contributed by atoms with Gasteiger partial charge >= 0.3 is 0 Å². The van der Waals surface area contributed by atoms with Crippen LogP contribution in [-0.4, -0.2) is 6.54 Å². The second kappa shape index (κ2) is 5.15. The SMILES string of the molecule is CCNC(c1cccc(F)c1)c1occc1C. The highest BCUT2D eigenvalue weighted by Crippen LogP contribution is 2.25. The van der Waals surface area contributed by atoms with E-state index in [0.717, 1.165) is 23.4 Å². The maximum atomic E-state index is 13.3. The Morgan fingerprint density at radius 3 is 2.76 bits per heavy atom. The number of hydrogen-bond acceptors (Lipinski definition) is 2. The zero-order valence-electron chi connectivity index (χ0n) is 10.0. The normalized spacial score (nSPS) is 12.6. The van der Waals surface area contributed by atoms with Crippen LogP contribution in [0.3, 0.4) is 0 Å². The quantitative estimate of drug-likeness (QED) is 0.875. The van der Waals surface area contributed by atoms with E-state index < -0.39 is 0 Å². The molecule has 2 aromatic rings. The third kappa shape index (κ3) is 2.56. The number of furan rings is 1. The summed E-state index contributed by atoms with van der Waals surface area (Å²) in [7, 11) is 0. The van der Waals surface area contributed by atoms with Crippen LogP contribution in [0.1, 0.15) is 29.9 Å². The van der Waals surface area contributed by atoms with Crippen LogP contribution in [-0.2, 0) is 0 Å². The Balaban J connectivity index is 2.39. The molecule has 90 valence electrons. The number of nitrogens with one attached hydrogen (secondary N) is 1. The molecule has 3 heteroatoms. The van der Waals surface area contributed by atoms with Gasteiger partial charge < -0.3 is 9.73 Å². The molecule has 2 rings (SSSR count). The molecule has 0 fully saturated rings. The van der Waals surface area contributed by atoms with E-state index in [2.05, 4.69) is 5.32 Å². The van der Waals surface area contributed by atoms with Gasteiger partial charge in [0.25, 0.3) is 0 Å². The molecule has 0 saturated heterocycles. The molecule has 0 aliphatic rings. The summed E-state index contributed by atoms with van der Waals surface area (Å²) in [6.45, 7) is 4.80. The molecule has 1 N–H and O–H groups in total. The number of aryl methyl sites for hydroxylation is 1. The van der Waals surface area contributed by atoms with Crippen molar-refractivity contribution in [2.45, 2.75) is 19.9 Å². The van der Waals surface area contributed by atoms with Crippen LogP contribution in [0.4, 0.5) is 4.39 Å². The first-order valence-corrected chi connectivity index (χ1v) is 5.75. The van der Waals surface area contributed by atoms with E-state index in [4.69, 9.17) is 4.42 Å². The van der Waals surface area contributed by atoms with Crippen molar-refractivity contribution in [3.63, 3.8) is 0 Å². The smallest absolute Gasteiger partial charge is 0.128 e. The predicted molar refractivity (Wildman–Crippen MR) is 65.4 cm³/mol. The Bertz CT molecular complexity index is 492. The summed E-state index contributed by atoms with van der Waals surface area (Å²) in [5.74, 6) is 0.618. The lowest BCUT2D eigenvalue weighted by Gasteiger charge is -2.17. The van der Waals surface area contributed by atoms with Crippen molar-refractivity contribution in [3.8, 4) is 0 Å². The van der Waals surface area contributed by atoms with Crippen molar-refractivity contribution in [1.29, 1.82) is 0 Å². The number of rotatable bonds is 4. The van der Waals surface area contributed by atoms with Crippen LogP contribution in [0.15, 0.2) is 41.0 Å². The lowest BCUT2D eigenvalue weighted by molar-refractivity contribution is 0.448. The van der Waals surface area contributed by atoms with E-state index in [9.17, 15) is 4.39 Å². The molecule has 2 nitrogen and oxygen atoms in total. The fourth-order valence-corrected chi connectivity index (χ4v) is 1.93. The Labute approximate surface area is 100 Å². The summed E-state index contributed by atoms with van der Waals surface area (Å²) >= 11 is 0. The highest BCUT2D eigenvalue weighted by molar-refractivity contribution is 5.31. The van der Waals surface area contributed by atoms with Crippen molar-refractivity contribution in [2.75, 3.05) is 6.54 Å². The first-order chi connectivity index (χ1) is 8.22. The molecule has 1 aromatic heterocycles. The molecular weight excluding hydrogens is 217 g/mol. The van der Waals surface area contributed by atoms with E-state index in [1.807, 2.05) is 26.0 Å². The summed E-state index contributed by atoms with van der Waals surface area (Å²) in [5.41, 5.74) is 1.95. The second-order valence-electron chi connectivity index (χ2n) is 4.01. The minimum absolute atomic E-state index is 0.0919. The van der Waals surface area contributed by atoms with Gasteiger partial charge in [0, 0.05) is 0 Å². The van der Waals surface area contributed by atoms with Crippen LogP contribution < -0.4 is 5.32 Å². The lowest BCUT2D eigenvalue weighted by Crippen LogP contribution is -2.22. The van der Waals surface area contributed by atoms with Crippen molar-refractivity contribution < 1.29 is 8.81 Å². The van der Waals surface area contributed by atoms with Gasteiger partial charge in [-0.05, 0) is 42.8 Å². The van der Waals surface area contributed by atoms with Gasteiger partial charge in [-0.25, -0.2) is 4.39 Å². The van der Waals surface area contributed by atoms with Crippen LogP contribution >= 0.6 is 0 Å². The van der Waals surface area contributed by atoms with Crippen LogP contribution in [0.2, 0.25) is 0 Å². The van der Waals surface area contributed by atoms with E-state index in [0.29, 0.717) is 0 Å². The summed E-state index contributed by atoms with van der Waals surface area (Å²) in [6.07, 6.45) is 1.66. The molecule has 17 heavy (non-hydrogen) atoms. The third-order valence-corrected chi connectivity index (χ3v) is 2.75. The van der Waals surface area contributed by atoms with Gasteiger partial charge in [0.2, 0.25) is 0 Å². The molecular formula is C14H16FNO. The predicted octanol–water partition coefficient (Wildman–Crippen LogP) is 3.43. The van der Waals surface area contributed by atoms with E-state index >= 15 is 0 Å². The van der Waals surface area contributed by atoms with Gasteiger partial charge in [0.05, 0.1) is 12.3 Å². The molecule has 0 aliphatic carbocycles. The highest BCUT2D eigenvalue weighted by Gasteiger charge is 2.18. The van der Waals surface area contributed by atoms with Crippen molar-refractivity contribution in [1.82, 2.24) is 5.32 Å². The minimum Gasteiger partial charge on any atom is -0.467 e. The third-order valence-electron chi connectivity index (χ3n) is 2.75. The number of halogens is 1. The van der Waals surface area contributed by atoms with Gasteiger partial charge in [-0.1, -0.05) is 19.1 Å². The van der Waals surface area contributed by atoms with Crippen LogP contribution in [0.5, 0.6) is 0 Å². The van der Waals surface area contributed by atoms with Gasteiger partial charge in [-0.2, -0.15) is 0 Å². The van der Waals surface area contributed by atoms with E-state index in [-0.39, 0.29) is 11.9 Å². The fraction of sp³-hybridized carbons (Fsp3) is 0.286. The molecule has 0 bridgehead atoms. The average Bonchev–Trinajstić information content (AvgIpc) is 2.72. The van der Waals surface area contributed by atoms with Crippen molar-refractivity contribution in [2.24, 2.45) is 0 Å². The lowest BCUT2D eigenvalue weighted by atomic mass is 10.0. The summed E-state index contributed by atoms with van der Waals surface area (Å²) in [5, 5.41) is 3.31. The van der Waals surface area contributed by atoms with Crippen LogP contribution in [0, 0.1) is 12.7 Å². The van der Waals surface area contributed by atoms with Gasteiger partial charge in [-0.3, -0.25) is 0 Å². The molecule has 1 atom stereocenters. The maximum Gasteiger partial charge on any atom is 0.128 e. The summed E-state index contributed by atoms with van der Waals surface area (Å²) in [4.78, 5) is 0.